The largest absolute Gasteiger partial charge is 0.497 e. The van der Waals surface area contributed by atoms with Crippen molar-refractivity contribution in [2.45, 2.75) is 19.6 Å². The van der Waals surface area contributed by atoms with Crippen LogP contribution < -0.4 is 10.1 Å². The average molecular weight is 313 g/mol. The normalized spacial score (nSPS) is 11.4. The van der Waals surface area contributed by atoms with E-state index >= 15 is 0 Å². The molecule has 0 aliphatic heterocycles. The van der Waals surface area contributed by atoms with E-state index in [4.69, 9.17) is 9.47 Å². The van der Waals surface area contributed by atoms with Gasteiger partial charge in [-0.2, -0.15) is 0 Å². The van der Waals surface area contributed by atoms with Gasteiger partial charge in [-0.1, -0.05) is 30.3 Å². The standard InChI is InChI=1S/C18H19NO4/c1-13(18(21)23-12-14-6-4-3-5-7-14)19-17(20)15-8-10-16(22-2)11-9-15/h3-11,13H,12H2,1-2H3,(H,19,20)/t13-/m0/s1. The van der Waals surface area contributed by atoms with Crippen LogP contribution in [0.1, 0.15) is 22.8 Å². The number of rotatable bonds is 6. The Balaban J connectivity index is 1.85. The molecule has 2 aromatic rings. The van der Waals surface area contributed by atoms with Crippen molar-refractivity contribution in [1.82, 2.24) is 5.32 Å². The number of amides is 1. The van der Waals surface area contributed by atoms with Crippen molar-refractivity contribution in [3.63, 3.8) is 0 Å². The van der Waals surface area contributed by atoms with E-state index in [0.717, 1.165) is 5.56 Å². The first-order chi connectivity index (χ1) is 11.1. The summed E-state index contributed by atoms with van der Waals surface area (Å²) in [5.74, 6) is -0.149. The van der Waals surface area contributed by atoms with Gasteiger partial charge in [-0.15, -0.1) is 0 Å². The van der Waals surface area contributed by atoms with Crippen LogP contribution in [0.15, 0.2) is 54.6 Å². The number of hydrogen-bond donors (Lipinski definition) is 1. The molecule has 23 heavy (non-hydrogen) atoms. The number of esters is 1. The second kappa shape index (κ2) is 7.98. The number of carbonyl (C=O) groups excluding carboxylic acids is 2. The molecule has 120 valence electrons. The summed E-state index contributed by atoms with van der Waals surface area (Å²) in [5.41, 5.74) is 1.35. The lowest BCUT2D eigenvalue weighted by atomic mass is 10.2. The molecular weight excluding hydrogens is 294 g/mol. The van der Waals surface area contributed by atoms with Crippen LogP contribution in [0.25, 0.3) is 0 Å². The summed E-state index contributed by atoms with van der Waals surface area (Å²) in [6.45, 7) is 1.77. The van der Waals surface area contributed by atoms with Crippen molar-refractivity contribution in [3.05, 3.63) is 65.7 Å². The van der Waals surface area contributed by atoms with Crippen molar-refractivity contribution in [1.29, 1.82) is 0 Å². The van der Waals surface area contributed by atoms with E-state index in [-0.39, 0.29) is 12.5 Å². The SMILES string of the molecule is COc1ccc(C(=O)N[C@@H](C)C(=O)OCc2ccccc2)cc1. The molecule has 2 rings (SSSR count). The topological polar surface area (TPSA) is 64.6 Å². The van der Waals surface area contributed by atoms with Gasteiger partial charge in [0, 0.05) is 5.56 Å². The van der Waals surface area contributed by atoms with Crippen molar-refractivity contribution in [2.75, 3.05) is 7.11 Å². The van der Waals surface area contributed by atoms with Gasteiger partial charge in [-0.3, -0.25) is 4.79 Å². The molecule has 0 aliphatic carbocycles. The van der Waals surface area contributed by atoms with E-state index in [1.165, 1.54) is 0 Å². The lowest BCUT2D eigenvalue weighted by molar-refractivity contribution is -0.146. The van der Waals surface area contributed by atoms with Crippen molar-refractivity contribution >= 4 is 11.9 Å². The molecule has 0 bridgehead atoms. The van der Waals surface area contributed by atoms with Gasteiger partial charge in [0.05, 0.1) is 7.11 Å². The number of ether oxygens (including phenoxy) is 2. The quantitative estimate of drug-likeness (QED) is 0.833. The molecule has 2 aromatic carbocycles. The summed E-state index contributed by atoms with van der Waals surface area (Å²) in [5, 5.41) is 2.62. The summed E-state index contributed by atoms with van der Waals surface area (Å²) in [6, 6.07) is 15.3. The van der Waals surface area contributed by atoms with Crippen LogP contribution in [0.5, 0.6) is 5.75 Å². The minimum absolute atomic E-state index is 0.183. The lowest BCUT2D eigenvalue weighted by Crippen LogP contribution is -2.39. The van der Waals surface area contributed by atoms with Gasteiger partial charge in [0.15, 0.2) is 0 Å². The van der Waals surface area contributed by atoms with Crippen molar-refractivity contribution in [2.24, 2.45) is 0 Å². The molecule has 1 N–H and O–H groups in total. The molecule has 0 spiro atoms. The van der Waals surface area contributed by atoms with Crippen LogP contribution in [0.3, 0.4) is 0 Å². The molecule has 0 aliphatic rings. The zero-order valence-electron chi connectivity index (χ0n) is 13.1. The Morgan fingerprint density at radius 2 is 1.70 bits per heavy atom. The molecule has 0 unspecified atom stereocenters. The van der Waals surface area contributed by atoms with Gasteiger partial charge >= 0.3 is 5.97 Å². The maximum atomic E-state index is 12.1. The highest BCUT2D eigenvalue weighted by Crippen LogP contribution is 2.11. The Labute approximate surface area is 135 Å². The van der Waals surface area contributed by atoms with Gasteiger partial charge in [-0.25, -0.2) is 4.79 Å². The Morgan fingerprint density at radius 3 is 2.30 bits per heavy atom. The second-order valence-electron chi connectivity index (χ2n) is 5.02. The van der Waals surface area contributed by atoms with Crippen LogP contribution in [-0.4, -0.2) is 25.0 Å². The summed E-state index contributed by atoms with van der Waals surface area (Å²) >= 11 is 0. The van der Waals surface area contributed by atoms with Gasteiger partial charge < -0.3 is 14.8 Å². The molecular formula is C18H19NO4. The zero-order chi connectivity index (χ0) is 16.7. The van der Waals surface area contributed by atoms with Crippen LogP contribution in [0.4, 0.5) is 0 Å². The minimum Gasteiger partial charge on any atom is -0.497 e. The highest BCUT2D eigenvalue weighted by Gasteiger charge is 2.18. The summed E-state index contributed by atoms with van der Waals surface area (Å²) in [7, 11) is 1.56. The van der Waals surface area contributed by atoms with Gasteiger partial charge in [0.25, 0.3) is 5.91 Å². The monoisotopic (exact) mass is 313 g/mol. The average Bonchev–Trinajstić information content (AvgIpc) is 2.60. The maximum absolute atomic E-state index is 12.1. The Morgan fingerprint density at radius 1 is 1.04 bits per heavy atom. The first-order valence-corrected chi connectivity index (χ1v) is 7.25. The van der Waals surface area contributed by atoms with Crippen LogP contribution in [0.2, 0.25) is 0 Å². The second-order valence-corrected chi connectivity index (χ2v) is 5.02. The van der Waals surface area contributed by atoms with Gasteiger partial charge in [0.1, 0.15) is 18.4 Å². The zero-order valence-corrected chi connectivity index (χ0v) is 13.1. The smallest absolute Gasteiger partial charge is 0.328 e. The molecule has 0 saturated heterocycles. The number of hydrogen-bond acceptors (Lipinski definition) is 4. The van der Waals surface area contributed by atoms with Gasteiger partial charge in [0.2, 0.25) is 0 Å². The fourth-order valence-electron chi connectivity index (χ4n) is 1.93. The third-order valence-electron chi connectivity index (χ3n) is 3.28. The fraction of sp³-hybridized carbons (Fsp3) is 0.222. The molecule has 0 heterocycles. The molecule has 1 amide bonds. The molecule has 0 aromatic heterocycles. The number of benzene rings is 2. The van der Waals surface area contributed by atoms with Crippen molar-refractivity contribution in [3.8, 4) is 5.75 Å². The highest BCUT2D eigenvalue weighted by molar-refractivity contribution is 5.96. The Hall–Kier alpha value is -2.82. The molecule has 0 fully saturated rings. The van der Waals surface area contributed by atoms with E-state index in [2.05, 4.69) is 5.32 Å². The molecule has 0 radical (unpaired) electrons. The first-order valence-electron chi connectivity index (χ1n) is 7.25. The lowest BCUT2D eigenvalue weighted by Gasteiger charge is -2.13. The van der Waals surface area contributed by atoms with E-state index in [9.17, 15) is 9.59 Å². The third kappa shape index (κ3) is 4.85. The first kappa shape index (κ1) is 16.5. The molecule has 0 saturated carbocycles. The number of methoxy groups -OCH3 is 1. The van der Waals surface area contributed by atoms with Crippen LogP contribution in [0, 0.1) is 0 Å². The van der Waals surface area contributed by atoms with Crippen molar-refractivity contribution < 1.29 is 19.1 Å². The summed E-state index contributed by atoms with van der Waals surface area (Å²) in [4.78, 5) is 24.0. The Kier molecular flexibility index (Phi) is 5.74. The molecule has 5 nitrogen and oxygen atoms in total. The summed E-state index contributed by atoms with van der Waals surface area (Å²) in [6.07, 6.45) is 0. The predicted molar refractivity (Wildman–Crippen MR) is 86.2 cm³/mol. The van der Waals surface area contributed by atoms with E-state index in [1.54, 1.807) is 38.3 Å². The predicted octanol–water partition coefficient (Wildman–Crippen LogP) is 2.56. The fourth-order valence-corrected chi connectivity index (χ4v) is 1.93. The third-order valence-corrected chi connectivity index (χ3v) is 3.28. The van der Waals surface area contributed by atoms with E-state index in [0.29, 0.717) is 11.3 Å². The van der Waals surface area contributed by atoms with E-state index < -0.39 is 12.0 Å². The van der Waals surface area contributed by atoms with E-state index in [1.807, 2.05) is 30.3 Å². The van der Waals surface area contributed by atoms with Gasteiger partial charge in [-0.05, 0) is 36.8 Å². The maximum Gasteiger partial charge on any atom is 0.328 e. The number of nitrogens with one attached hydrogen (secondary N) is 1. The highest BCUT2D eigenvalue weighted by atomic mass is 16.5. The Bertz CT molecular complexity index is 652. The molecule has 5 heteroatoms. The molecule has 1 atom stereocenters. The summed E-state index contributed by atoms with van der Waals surface area (Å²) < 4.78 is 10.2. The number of carbonyl (C=O) groups is 2. The van der Waals surface area contributed by atoms with Crippen LogP contribution >= 0.6 is 0 Å². The minimum atomic E-state index is -0.728. The van der Waals surface area contributed by atoms with Crippen LogP contribution in [-0.2, 0) is 16.1 Å².